The molecule has 0 N–H and O–H groups in total. The van der Waals surface area contributed by atoms with Gasteiger partial charge in [0, 0.05) is 11.1 Å². The number of aldehydes is 1. The summed E-state index contributed by atoms with van der Waals surface area (Å²) < 4.78 is 43.2. The summed E-state index contributed by atoms with van der Waals surface area (Å²) in [4.78, 5) is 11.3. The van der Waals surface area contributed by atoms with Gasteiger partial charge in [-0.15, -0.1) is 13.2 Å². The number of aryl methyl sites for hydroxylation is 1. The molecule has 29 heavy (non-hydrogen) atoms. The molecule has 0 saturated carbocycles. The van der Waals surface area contributed by atoms with Gasteiger partial charge in [-0.2, -0.15) is 0 Å². The number of alkyl halides is 3. The first-order chi connectivity index (χ1) is 13.4. The van der Waals surface area contributed by atoms with E-state index < -0.39 is 6.36 Å². The standard InChI is InChI=1S/C24H25F3O2/c1-14(2)17-8-9-23(4,5)21-10-15(3)18(12-19(17)21)20-11-16(13-28)6-7-22(20)29-24(25,26)27/h6-8,10-14H,9H2,1-5H3. The van der Waals surface area contributed by atoms with Gasteiger partial charge in [0.1, 0.15) is 12.0 Å². The summed E-state index contributed by atoms with van der Waals surface area (Å²) in [5, 5.41) is 0. The van der Waals surface area contributed by atoms with Gasteiger partial charge in [-0.25, -0.2) is 0 Å². The summed E-state index contributed by atoms with van der Waals surface area (Å²) in [5.74, 6) is -0.0242. The van der Waals surface area contributed by atoms with Gasteiger partial charge in [-0.05, 0) is 76.8 Å². The van der Waals surface area contributed by atoms with Crippen molar-refractivity contribution in [2.75, 3.05) is 0 Å². The molecular weight excluding hydrogens is 377 g/mol. The Hall–Kier alpha value is -2.56. The lowest BCUT2D eigenvalue weighted by Gasteiger charge is -2.34. The van der Waals surface area contributed by atoms with E-state index in [0.29, 0.717) is 17.4 Å². The van der Waals surface area contributed by atoms with Crippen molar-refractivity contribution in [3.8, 4) is 16.9 Å². The molecule has 0 amide bonds. The summed E-state index contributed by atoms with van der Waals surface area (Å²) >= 11 is 0. The first-order valence-electron chi connectivity index (χ1n) is 9.64. The maximum atomic E-state index is 13.0. The van der Waals surface area contributed by atoms with E-state index in [1.165, 1.54) is 29.3 Å². The fourth-order valence-corrected chi connectivity index (χ4v) is 3.97. The second-order valence-corrected chi connectivity index (χ2v) is 8.54. The van der Waals surface area contributed by atoms with Gasteiger partial charge in [0.15, 0.2) is 0 Å². The Bertz CT molecular complexity index is 982. The summed E-state index contributed by atoms with van der Waals surface area (Å²) in [6.07, 6.45) is -1.06. The van der Waals surface area contributed by atoms with Crippen molar-refractivity contribution in [3.05, 3.63) is 58.7 Å². The largest absolute Gasteiger partial charge is 0.573 e. The highest BCUT2D eigenvalue weighted by molar-refractivity contribution is 5.85. The number of carbonyl (C=O) groups is 1. The van der Waals surface area contributed by atoms with E-state index in [1.54, 1.807) is 0 Å². The van der Waals surface area contributed by atoms with Gasteiger partial charge in [-0.1, -0.05) is 39.8 Å². The van der Waals surface area contributed by atoms with Gasteiger partial charge in [0.2, 0.25) is 0 Å². The number of ether oxygens (including phenoxy) is 1. The number of benzene rings is 2. The molecule has 0 radical (unpaired) electrons. The van der Waals surface area contributed by atoms with Crippen molar-refractivity contribution in [1.29, 1.82) is 0 Å². The summed E-state index contributed by atoms with van der Waals surface area (Å²) in [6, 6.07) is 7.99. The minimum absolute atomic E-state index is 0.0625. The first kappa shape index (κ1) is 21.2. The molecule has 0 aromatic heterocycles. The zero-order chi connectivity index (χ0) is 21.6. The van der Waals surface area contributed by atoms with Crippen LogP contribution in [-0.4, -0.2) is 12.6 Å². The van der Waals surface area contributed by atoms with Crippen LogP contribution in [0.15, 0.2) is 36.4 Å². The van der Waals surface area contributed by atoms with E-state index in [2.05, 4.69) is 44.6 Å². The zero-order valence-electron chi connectivity index (χ0n) is 17.3. The smallest absolute Gasteiger partial charge is 0.405 e. The molecule has 2 aromatic carbocycles. The Morgan fingerprint density at radius 3 is 2.34 bits per heavy atom. The highest BCUT2D eigenvalue weighted by Gasteiger charge is 2.33. The molecule has 1 aliphatic carbocycles. The van der Waals surface area contributed by atoms with E-state index in [4.69, 9.17) is 0 Å². The number of fused-ring (bicyclic) bond motifs is 1. The molecule has 0 bridgehead atoms. The fraction of sp³-hybridized carbons (Fsp3) is 0.375. The van der Waals surface area contributed by atoms with Crippen LogP contribution >= 0.6 is 0 Å². The van der Waals surface area contributed by atoms with E-state index in [0.717, 1.165) is 17.5 Å². The molecule has 0 atom stereocenters. The summed E-state index contributed by atoms with van der Waals surface area (Å²) in [5.41, 5.74) is 5.40. The highest BCUT2D eigenvalue weighted by atomic mass is 19.4. The van der Waals surface area contributed by atoms with Gasteiger partial charge < -0.3 is 4.74 Å². The average Bonchev–Trinajstić information content (AvgIpc) is 2.61. The summed E-state index contributed by atoms with van der Waals surface area (Å²) in [6.45, 7) is 10.4. The minimum Gasteiger partial charge on any atom is -0.405 e. The lowest BCUT2D eigenvalue weighted by Crippen LogP contribution is -2.23. The second-order valence-electron chi connectivity index (χ2n) is 8.54. The topological polar surface area (TPSA) is 26.3 Å². The Morgan fingerprint density at radius 1 is 1.07 bits per heavy atom. The Labute approximate surface area is 169 Å². The van der Waals surface area contributed by atoms with Crippen molar-refractivity contribution < 1.29 is 22.7 Å². The highest BCUT2D eigenvalue weighted by Crippen LogP contribution is 2.45. The van der Waals surface area contributed by atoms with Crippen LogP contribution in [0, 0.1) is 12.8 Å². The summed E-state index contributed by atoms with van der Waals surface area (Å²) in [7, 11) is 0. The first-order valence-corrected chi connectivity index (χ1v) is 9.64. The van der Waals surface area contributed by atoms with Crippen molar-refractivity contribution in [2.45, 2.75) is 52.8 Å². The van der Waals surface area contributed by atoms with Crippen LogP contribution in [0.25, 0.3) is 16.7 Å². The zero-order valence-corrected chi connectivity index (χ0v) is 17.3. The SMILES string of the molecule is Cc1cc2c(cc1-c1cc(C=O)ccc1OC(F)(F)F)C(C(C)C)=CCC2(C)C. The molecule has 1 aliphatic rings. The molecule has 0 unspecified atom stereocenters. The van der Waals surface area contributed by atoms with Crippen LogP contribution in [0.4, 0.5) is 13.2 Å². The number of halogens is 3. The Kier molecular flexibility index (Phi) is 5.37. The molecule has 5 heteroatoms. The number of hydrogen-bond donors (Lipinski definition) is 0. The van der Waals surface area contributed by atoms with Gasteiger partial charge in [0.05, 0.1) is 0 Å². The number of rotatable bonds is 4. The van der Waals surface area contributed by atoms with Crippen LogP contribution < -0.4 is 4.74 Å². The maximum Gasteiger partial charge on any atom is 0.573 e. The molecule has 0 aliphatic heterocycles. The predicted octanol–water partition coefficient (Wildman–Crippen LogP) is 7.09. The third-order valence-corrected chi connectivity index (χ3v) is 5.51. The molecule has 0 spiro atoms. The molecule has 2 aromatic rings. The monoisotopic (exact) mass is 402 g/mol. The molecule has 3 rings (SSSR count). The van der Waals surface area contributed by atoms with E-state index in [-0.39, 0.29) is 22.6 Å². The lowest BCUT2D eigenvalue weighted by atomic mass is 9.70. The normalized spacial score (nSPS) is 15.7. The number of hydrogen-bond acceptors (Lipinski definition) is 2. The average molecular weight is 402 g/mol. The van der Waals surface area contributed by atoms with Crippen LogP contribution in [0.5, 0.6) is 5.75 Å². The third kappa shape index (κ3) is 4.24. The second kappa shape index (κ2) is 7.36. The van der Waals surface area contributed by atoms with E-state index >= 15 is 0 Å². The number of allylic oxidation sites excluding steroid dienone is 2. The van der Waals surface area contributed by atoms with Crippen molar-refractivity contribution >= 4 is 11.9 Å². The minimum atomic E-state index is -4.81. The molecular formula is C24H25F3O2. The molecule has 154 valence electrons. The predicted molar refractivity (Wildman–Crippen MR) is 109 cm³/mol. The van der Waals surface area contributed by atoms with Gasteiger partial charge >= 0.3 is 6.36 Å². The lowest BCUT2D eigenvalue weighted by molar-refractivity contribution is -0.274. The molecule has 0 saturated heterocycles. The quantitative estimate of drug-likeness (QED) is 0.510. The van der Waals surface area contributed by atoms with Crippen molar-refractivity contribution in [2.24, 2.45) is 5.92 Å². The Morgan fingerprint density at radius 2 is 1.76 bits per heavy atom. The third-order valence-electron chi connectivity index (χ3n) is 5.51. The molecule has 0 heterocycles. The molecule has 2 nitrogen and oxygen atoms in total. The van der Waals surface area contributed by atoms with E-state index in [1.807, 2.05) is 13.0 Å². The Balaban J connectivity index is 2.27. The van der Waals surface area contributed by atoms with E-state index in [9.17, 15) is 18.0 Å². The fourth-order valence-electron chi connectivity index (χ4n) is 3.97. The van der Waals surface area contributed by atoms with Crippen LogP contribution in [-0.2, 0) is 5.41 Å². The molecule has 0 fully saturated rings. The van der Waals surface area contributed by atoms with Crippen LogP contribution in [0.2, 0.25) is 0 Å². The number of carbonyl (C=O) groups excluding carboxylic acids is 1. The van der Waals surface area contributed by atoms with Crippen molar-refractivity contribution in [1.82, 2.24) is 0 Å². The maximum absolute atomic E-state index is 13.0. The van der Waals surface area contributed by atoms with Gasteiger partial charge in [0.25, 0.3) is 0 Å². The van der Waals surface area contributed by atoms with Crippen LogP contribution in [0.1, 0.15) is 61.2 Å². The van der Waals surface area contributed by atoms with Crippen LogP contribution in [0.3, 0.4) is 0 Å². The van der Waals surface area contributed by atoms with Crippen molar-refractivity contribution in [3.63, 3.8) is 0 Å². The van der Waals surface area contributed by atoms with Gasteiger partial charge in [-0.3, -0.25) is 4.79 Å².